The molecule has 3 heterocycles. The van der Waals surface area contributed by atoms with E-state index in [0.717, 1.165) is 31.5 Å². The van der Waals surface area contributed by atoms with E-state index >= 15 is 0 Å². The van der Waals surface area contributed by atoms with Gasteiger partial charge >= 0.3 is 6.03 Å². The number of carbonyl (C=O) groups is 3. The highest BCUT2D eigenvalue weighted by molar-refractivity contribution is 5.94. The minimum Gasteiger partial charge on any atom is -0.378 e. The topological polar surface area (TPSA) is 100 Å². The van der Waals surface area contributed by atoms with E-state index in [2.05, 4.69) is 29.4 Å². The third kappa shape index (κ3) is 6.59. The molecule has 4 rings (SSSR count). The number of amides is 3. The third-order valence-electron chi connectivity index (χ3n) is 7.28. The minimum absolute atomic E-state index is 0.00374. The van der Waals surface area contributed by atoms with E-state index in [1.54, 1.807) is 4.90 Å². The van der Waals surface area contributed by atoms with E-state index in [1.165, 1.54) is 0 Å². The first-order valence-corrected chi connectivity index (χ1v) is 12.7. The molecule has 192 valence electrons. The van der Waals surface area contributed by atoms with Crippen LogP contribution in [0.5, 0.6) is 0 Å². The molecule has 0 aromatic heterocycles. The van der Waals surface area contributed by atoms with E-state index in [0.29, 0.717) is 39.3 Å². The highest BCUT2D eigenvalue weighted by Gasteiger charge is 2.40. The molecule has 9 nitrogen and oxygen atoms in total. The summed E-state index contributed by atoms with van der Waals surface area (Å²) in [5, 5.41) is 5.88. The molecular weight excluding hydrogens is 448 g/mol. The Hall–Kier alpha value is -2.49. The summed E-state index contributed by atoms with van der Waals surface area (Å²) < 4.78 is 11.1. The van der Waals surface area contributed by atoms with Crippen molar-refractivity contribution >= 4 is 17.7 Å². The second-order valence-corrected chi connectivity index (χ2v) is 10.4. The molecule has 9 heteroatoms. The van der Waals surface area contributed by atoms with E-state index < -0.39 is 12.1 Å². The fraction of sp³-hybridized carbons (Fsp3) is 0.654. The zero-order chi connectivity index (χ0) is 24.8. The monoisotopic (exact) mass is 486 g/mol. The van der Waals surface area contributed by atoms with Gasteiger partial charge in [-0.25, -0.2) is 4.79 Å². The number of nitrogens with zero attached hydrogens (tertiary/aromatic N) is 2. The highest BCUT2D eigenvalue weighted by atomic mass is 16.5. The number of hydrogen-bond donors (Lipinski definition) is 2. The van der Waals surface area contributed by atoms with Gasteiger partial charge in [0.2, 0.25) is 5.91 Å². The Kier molecular flexibility index (Phi) is 8.41. The second-order valence-electron chi connectivity index (χ2n) is 10.4. The van der Waals surface area contributed by atoms with Crippen molar-refractivity contribution in [3.8, 4) is 0 Å². The fourth-order valence-electron chi connectivity index (χ4n) is 5.12. The summed E-state index contributed by atoms with van der Waals surface area (Å²) in [6.45, 7) is 8.63. The van der Waals surface area contributed by atoms with Gasteiger partial charge in [0.25, 0.3) is 0 Å². The molecule has 0 bridgehead atoms. The van der Waals surface area contributed by atoms with Gasteiger partial charge in [-0.2, -0.15) is 0 Å². The Balaban J connectivity index is 1.48. The first-order chi connectivity index (χ1) is 16.8. The molecule has 3 saturated heterocycles. The molecular formula is C26H38N4O5. The van der Waals surface area contributed by atoms with Crippen LogP contribution in [-0.4, -0.2) is 98.3 Å². The van der Waals surface area contributed by atoms with Crippen molar-refractivity contribution in [1.29, 1.82) is 0 Å². The smallest absolute Gasteiger partial charge is 0.318 e. The van der Waals surface area contributed by atoms with Gasteiger partial charge in [0.1, 0.15) is 18.7 Å². The Labute approximate surface area is 207 Å². The molecule has 2 N–H and O–H groups in total. The molecule has 1 aromatic rings. The van der Waals surface area contributed by atoms with Gasteiger partial charge < -0.3 is 29.9 Å². The standard InChI is InChI=1S/C26H38N4O5/c1-26(2,19-8-4-3-5-9-19)16-20(27-25(33)30-12-14-34-15-13-30)24(32)28-23-21(31)18-35-22(23)17-29-10-6-7-11-29/h3-5,8-9,20,22-23H,6-7,10-18H2,1-2H3,(H,27,33)(H,28,32). The number of nitrogens with one attached hydrogen (secondary N) is 2. The largest absolute Gasteiger partial charge is 0.378 e. The van der Waals surface area contributed by atoms with Crippen molar-refractivity contribution in [2.75, 3.05) is 52.5 Å². The molecule has 0 spiro atoms. The van der Waals surface area contributed by atoms with Crippen LogP contribution in [0.15, 0.2) is 30.3 Å². The number of benzene rings is 1. The lowest BCUT2D eigenvalue weighted by Gasteiger charge is -2.33. The fourth-order valence-corrected chi connectivity index (χ4v) is 5.12. The minimum atomic E-state index is -0.804. The van der Waals surface area contributed by atoms with Gasteiger partial charge in [0.15, 0.2) is 5.78 Å². The molecule has 0 radical (unpaired) electrons. The van der Waals surface area contributed by atoms with Crippen molar-refractivity contribution in [1.82, 2.24) is 20.4 Å². The number of carbonyl (C=O) groups excluding carboxylic acids is 3. The number of likely N-dealkylation sites (tertiary alicyclic amines) is 1. The molecule has 3 atom stereocenters. The van der Waals surface area contributed by atoms with Crippen molar-refractivity contribution < 1.29 is 23.9 Å². The zero-order valence-corrected chi connectivity index (χ0v) is 20.8. The SMILES string of the molecule is CC(C)(CC(NC(=O)N1CCOCC1)C(=O)NC1C(=O)COC1CN1CCCC1)c1ccccc1. The van der Waals surface area contributed by atoms with Crippen LogP contribution in [0.4, 0.5) is 4.79 Å². The average molecular weight is 487 g/mol. The molecule has 3 unspecified atom stereocenters. The van der Waals surface area contributed by atoms with Crippen LogP contribution in [0, 0.1) is 0 Å². The van der Waals surface area contributed by atoms with Crippen molar-refractivity contribution in [3.63, 3.8) is 0 Å². The van der Waals surface area contributed by atoms with Crippen LogP contribution in [0.1, 0.15) is 38.7 Å². The quantitative estimate of drug-likeness (QED) is 0.575. The van der Waals surface area contributed by atoms with Crippen molar-refractivity contribution in [2.24, 2.45) is 0 Å². The summed E-state index contributed by atoms with van der Waals surface area (Å²) in [6.07, 6.45) is 2.30. The number of hydrogen-bond acceptors (Lipinski definition) is 6. The van der Waals surface area contributed by atoms with Crippen LogP contribution in [0.3, 0.4) is 0 Å². The van der Waals surface area contributed by atoms with Crippen LogP contribution >= 0.6 is 0 Å². The molecule has 0 aliphatic carbocycles. The first-order valence-electron chi connectivity index (χ1n) is 12.7. The molecule has 0 saturated carbocycles. The maximum absolute atomic E-state index is 13.6. The van der Waals surface area contributed by atoms with E-state index in [4.69, 9.17) is 9.47 Å². The predicted molar refractivity (Wildman–Crippen MR) is 131 cm³/mol. The maximum Gasteiger partial charge on any atom is 0.318 e. The molecule has 3 aliphatic rings. The normalized spacial score (nSPS) is 24.4. The number of Topliss-reactive ketones (excluding diaryl/α,β-unsaturated/α-hetero) is 1. The molecule has 3 fully saturated rings. The summed E-state index contributed by atoms with van der Waals surface area (Å²) in [6, 6.07) is 8.15. The highest BCUT2D eigenvalue weighted by Crippen LogP contribution is 2.28. The number of urea groups is 1. The summed E-state index contributed by atoms with van der Waals surface area (Å²) in [5.74, 6) is -0.478. The number of morpholine rings is 1. The Bertz CT molecular complexity index is 881. The van der Waals surface area contributed by atoms with Gasteiger partial charge in [0, 0.05) is 19.6 Å². The van der Waals surface area contributed by atoms with Gasteiger partial charge in [0.05, 0.1) is 19.3 Å². The van der Waals surface area contributed by atoms with Gasteiger partial charge in [-0.1, -0.05) is 44.2 Å². The zero-order valence-electron chi connectivity index (χ0n) is 20.8. The van der Waals surface area contributed by atoms with E-state index in [1.807, 2.05) is 30.3 Å². The Morgan fingerprint density at radius 1 is 1.09 bits per heavy atom. The summed E-state index contributed by atoms with van der Waals surface area (Å²) in [7, 11) is 0. The summed E-state index contributed by atoms with van der Waals surface area (Å²) >= 11 is 0. The van der Waals surface area contributed by atoms with Crippen LogP contribution in [0.25, 0.3) is 0 Å². The number of ketones is 1. The summed E-state index contributed by atoms with van der Waals surface area (Å²) in [5.41, 5.74) is 0.692. The first kappa shape index (κ1) is 25.6. The van der Waals surface area contributed by atoms with E-state index in [-0.39, 0.29) is 35.8 Å². The second kappa shape index (κ2) is 11.5. The van der Waals surface area contributed by atoms with Crippen LogP contribution < -0.4 is 10.6 Å². The van der Waals surface area contributed by atoms with Crippen molar-refractivity contribution in [3.05, 3.63) is 35.9 Å². The average Bonchev–Trinajstić information content (AvgIpc) is 3.50. The van der Waals surface area contributed by atoms with Gasteiger partial charge in [-0.05, 0) is 43.3 Å². The summed E-state index contributed by atoms with van der Waals surface area (Å²) in [4.78, 5) is 43.1. The number of ether oxygens (including phenoxy) is 2. The predicted octanol–water partition coefficient (Wildman–Crippen LogP) is 1.31. The van der Waals surface area contributed by atoms with E-state index in [9.17, 15) is 14.4 Å². The third-order valence-corrected chi connectivity index (χ3v) is 7.28. The lowest BCUT2D eigenvalue weighted by Crippen LogP contribution is -2.58. The molecule has 3 amide bonds. The van der Waals surface area contributed by atoms with Gasteiger partial charge in [-0.15, -0.1) is 0 Å². The molecule has 1 aromatic carbocycles. The maximum atomic E-state index is 13.6. The van der Waals surface area contributed by atoms with Gasteiger partial charge in [-0.3, -0.25) is 9.59 Å². The lowest BCUT2D eigenvalue weighted by atomic mass is 9.79. The Morgan fingerprint density at radius 2 is 1.77 bits per heavy atom. The molecule has 3 aliphatic heterocycles. The lowest BCUT2D eigenvalue weighted by molar-refractivity contribution is -0.128. The van der Waals surface area contributed by atoms with Crippen LogP contribution in [0.2, 0.25) is 0 Å². The van der Waals surface area contributed by atoms with Crippen LogP contribution in [-0.2, 0) is 24.5 Å². The van der Waals surface area contributed by atoms with Crippen molar-refractivity contribution in [2.45, 2.75) is 56.7 Å². The Morgan fingerprint density at radius 3 is 2.46 bits per heavy atom. The number of rotatable bonds is 8. The molecule has 35 heavy (non-hydrogen) atoms.